The van der Waals surface area contributed by atoms with E-state index in [1.807, 2.05) is 38.1 Å². The molecule has 0 spiro atoms. The van der Waals surface area contributed by atoms with Gasteiger partial charge in [0.1, 0.15) is 4.32 Å². The molecule has 2 aromatic carbocycles. The number of ether oxygens (including phenoxy) is 2. The molecule has 30 heavy (non-hydrogen) atoms. The number of nitrogens with one attached hydrogen (secondary N) is 1. The first-order valence-electron chi connectivity index (χ1n) is 9.34. The van der Waals surface area contributed by atoms with Crippen LogP contribution < -0.4 is 14.8 Å². The summed E-state index contributed by atoms with van der Waals surface area (Å²) in [7, 11) is 1.52. The molecule has 0 radical (unpaired) electrons. The summed E-state index contributed by atoms with van der Waals surface area (Å²) in [6, 6.07) is 12.8. The quantitative estimate of drug-likeness (QED) is 0.511. The van der Waals surface area contributed by atoms with E-state index in [0.717, 1.165) is 16.8 Å². The van der Waals surface area contributed by atoms with Gasteiger partial charge in [-0.05, 0) is 55.3 Å². The third-order valence-electron chi connectivity index (χ3n) is 4.34. The van der Waals surface area contributed by atoms with E-state index in [-0.39, 0.29) is 18.4 Å². The summed E-state index contributed by atoms with van der Waals surface area (Å²) in [6.45, 7) is 4.23. The van der Waals surface area contributed by atoms with Crippen molar-refractivity contribution in [2.45, 2.75) is 13.8 Å². The van der Waals surface area contributed by atoms with Gasteiger partial charge in [-0.2, -0.15) is 0 Å². The van der Waals surface area contributed by atoms with Crippen molar-refractivity contribution in [2.75, 3.05) is 25.6 Å². The second kappa shape index (κ2) is 9.77. The second-order valence-electron chi connectivity index (χ2n) is 6.54. The molecule has 0 aliphatic carbocycles. The van der Waals surface area contributed by atoms with E-state index in [4.69, 9.17) is 21.7 Å². The topological polar surface area (TPSA) is 67.9 Å². The number of amides is 2. The lowest BCUT2D eigenvalue weighted by atomic mass is 10.2. The number of hydrogen-bond acceptors (Lipinski definition) is 6. The highest BCUT2D eigenvalue weighted by Crippen LogP contribution is 2.34. The van der Waals surface area contributed by atoms with Crippen LogP contribution in [0.25, 0.3) is 6.08 Å². The van der Waals surface area contributed by atoms with Crippen LogP contribution in [0.4, 0.5) is 5.69 Å². The number of thioether (sulfide) groups is 1. The van der Waals surface area contributed by atoms with Gasteiger partial charge in [-0.3, -0.25) is 14.5 Å². The van der Waals surface area contributed by atoms with Crippen molar-refractivity contribution in [2.24, 2.45) is 0 Å². The maximum atomic E-state index is 12.4. The SMILES string of the molecule is CCN1C(=O)/C(=C/c2ccc(OCC(=O)Nc3cccc(C)c3)c(OC)c2)SC1=S. The van der Waals surface area contributed by atoms with Crippen molar-refractivity contribution in [3.8, 4) is 11.5 Å². The fourth-order valence-electron chi connectivity index (χ4n) is 2.88. The molecule has 2 amide bonds. The fraction of sp³-hybridized carbons (Fsp3) is 0.227. The first-order chi connectivity index (χ1) is 14.4. The number of carbonyl (C=O) groups is 2. The Hall–Kier alpha value is -2.84. The van der Waals surface area contributed by atoms with Gasteiger partial charge in [0.15, 0.2) is 18.1 Å². The Bertz CT molecular complexity index is 1020. The summed E-state index contributed by atoms with van der Waals surface area (Å²) in [6.07, 6.45) is 1.77. The predicted octanol–water partition coefficient (Wildman–Crippen LogP) is 4.24. The molecule has 1 N–H and O–H groups in total. The molecule has 1 aliphatic rings. The first-order valence-corrected chi connectivity index (χ1v) is 10.6. The Kier molecular flexibility index (Phi) is 7.12. The summed E-state index contributed by atoms with van der Waals surface area (Å²) >= 11 is 6.52. The van der Waals surface area contributed by atoms with Crippen LogP contribution in [0, 0.1) is 6.92 Å². The minimum atomic E-state index is -0.269. The highest BCUT2D eigenvalue weighted by atomic mass is 32.2. The molecule has 156 valence electrons. The van der Waals surface area contributed by atoms with Crippen molar-refractivity contribution >= 4 is 51.9 Å². The fourth-order valence-corrected chi connectivity index (χ4v) is 4.26. The van der Waals surface area contributed by atoms with Gasteiger partial charge in [-0.25, -0.2) is 0 Å². The molecule has 0 aromatic heterocycles. The normalized spacial score (nSPS) is 14.9. The zero-order valence-corrected chi connectivity index (χ0v) is 18.6. The van der Waals surface area contributed by atoms with Crippen molar-refractivity contribution in [1.29, 1.82) is 0 Å². The van der Waals surface area contributed by atoms with Gasteiger partial charge in [-0.1, -0.05) is 42.2 Å². The highest BCUT2D eigenvalue weighted by Gasteiger charge is 2.30. The second-order valence-corrected chi connectivity index (χ2v) is 8.22. The van der Waals surface area contributed by atoms with Gasteiger partial charge in [0.2, 0.25) is 0 Å². The van der Waals surface area contributed by atoms with Crippen LogP contribution in [0.5, 0.6) is 11.5 Å². The molecule has 0 atom stereocenters. The molecule has 6 nitrogen and oxygen atoms in total. The lowest BCUT2D eigenvalue weighted by Gasteiger charge is -2.12. The Morgan fingerprint density at radius 2 is 2.03 bits per heavy atom. The molecule has 3 rings (SSSR count). The molecule has 1 heterocycles. The zero-order chi connectivity index (χ0) is 21.7. The van der Waals surface area contributed by atoms with Gasteiger partial charge in [0, 0.05) is 12.2 Å². The van der Waals surface area contributed by atoms with Crippen LogP contribution in [0.2, 0.25) is 0 Å². The van der Waals surface area contributed by atoms with E-state index in [1.54, 1.807) is 29.2 Å². The van der Waals surface area contributed by atoms with Crippen molar-refractivity contribution in [3.63, 3.8) is 0 Å². The number of likely N-dealkylation sites (N-methyl/N-ethyl adjacent to an activating group) is 1. The summed E-state index contributed by atoms with van der Waals surface area (Å²) in [5, 5.41) is 2.80. The Morgan fingerprint density at radius 3 is 2.70 bits per heavy atom. The maximum absolute atomic E-state index is 12.4. The Morgan fingerprint density at radius 1 is 1.23 bits per heavy atom. The molecule has 0 bridgehead atoms. The first kappa shape index (κ1) is 21.9. The molecule has 0 saturated carbocycles. The lowest BCUT2D eigenvalue weighted by molar-refractivity contribution is -0.122. The van der Waals surface area contributed by atoms with E-state index >= 15 is 0 Å². The molecule has 2 aromatic rings. The Labute approximate surface area is 185 Å². The average molecular weight is 443 g/mol. The third kappa shape index (κ3) is 5.20. The van der Waals surface area contributed by atoms with E-state index in [1.165, 1.54) is 18.9 Å². The smallest absolute Gasteiger partial charge is 0.266 e. The maximum Gasteiger partial charge on any atom is 0.266 e. The number of aryl methyl sites for hydroxylation is 1. The van der Waals surface area contributed by atoms with Gasteiger partial charge >= 0.3 is 0 Å². The number of anilines is 1. The molecule has 1 aliphatic heterocycles. The minimum absolute atomic E-state index is 0.0976. The minimum Gasteiger partial charge on any atom is -0.493 e. The predicted molar refractivity (Wildman–Crippen MR) is 124 cm³/mol. The molecular weight excluding hydrogens is 420 g/mol. The van der Waals surface area contributed by atoms with Crippen LogP contribution >= 0.6 is 24.0 Å². The van der Waals surface area contributed by atoms with E-state index < -0.39 is 0 Å². The van der Waals surface area contributed by atoms with Crippen LogP contribution in [0.3, 0.4) is 0 Å². The number of methoxy groups -OCH3 is 1. The number of hydrogen-bond donors (Lipinski definition) is 1. The van der Waals surface area contributed by atoms with E-state index in [0.29, 0.717) is 27.3 Å². The number of carbonyl (C=O) groups excluding carboxylic acids is 2. The molecule has 0 unspecified atom stereocenters. The summed E-state index contributed by atoms with van der Waals surface area (Å²) in [5.74, 6) is 0.544. The van der Waals surface area contributed by atoms with Gasteiger partial charge in [-0.15, -0.1) is 0 Å². The summed E-state index contributed by atoms with van der Waals surface area (Å²) in [5.41, 5.74) is 2.55. The van der Waals surface area contributed by atoms with Crippen molar-refractivity contribution in [3.05, 3.63) is 58.5 Å². The standard InChI is InChI=1S/C22H22N2O4S2/c1-4-24-21(26)19(30-22(24)29)12-15-8-9-17(18(11-15)27-3)28-13-20(25)23-16-7-5-6-14(2)10-16/h5-12H,4,13H2,1-3H3,(H,23,25)/b19-12-. The Balaban J connectivity index is 1.67. The number of benzene rings is 2. The number of nitrogens with zero attached hydrogens (tertiary/aromatic N) is 1. The molecule has 1 fully saturated rings. The largest absolute Gasteiger partial charge is 0.493 e. The summed E-state index contributed by atoms with van der Waals surface area (Å²) in [4.78, 5) is 26.7. The van der Waals surface area contributed by atoms with Crippen LogP contribution in [-0.4, -0.2) is 41.3 Å². The monoisotopic (exact) mass is 442 g/mol. The number of thiocarbonyl (C=S) groups is 1. The van der Waals surface area contributed by atoms with Gasteiger partial charge in [0.25, 0.3) is 11.8 Å². The van der Waals surface area contributed by atoms with Crippen LogP contribution in [-0.2, 0) is 9.59 Å². The summed E-state index contributed by atoms with van der Waals surface area (Å²) < 4.78 is 11.6. The van der Waals surface area contributed by atoms with E-state index in [9.17, 15) is 9.59 Å². The lowest BCUT2D eigenvalue weighted by Crippen LogP contribution is -2.27. The number of rotatable bonds is 7. The average Bonchev–Trinajstić information content (AvgIpc) is 2.99. The van der Waals surface area contributed by atoms with Gasteiger partial charge in [0.05, 0.1) is 12.0 Å². The third-order valence-corrected chi connectivity index (χ3v) is 5.71. The zero-order valence-electron chi connectivity index (χ0n) is 16.9. The molecule has 8 heteroatoms. The highest BCUT2D eigenvalue weighted by molar-refractivity contribution is 8.26. The van der Waals surface area contributed by atoms with Crippen molar-refractivity contribution < 1.29 is 19.1 Å². The van der Waals surface area contributed by atoms with Crippen LogP contribution in [0.1, 0.15) is 18.1 Å². The van der Waals surface area contributed by atoms with Crippen molar-refractivity contribution in [1.82, 2.24) is 4.90 Å². The molecular formula is C22H22N2O4S2. The molecule has 1 saturated heterocycles. The van der Waals surface area contributed by atoms with Gasteiger partial charge < -0.3 is 14.8 Å². The van der Waals surface area contributed by atoms with E-state index in [2.05, 4.69) is 5.32 Å². The van der Waals surface area contributed by atoms with Crippen LogP contribution in [0.15, 0.2) is 47.4 Å².